The second kappa shape index (κ2) is 5.60. The Bertz CT molecular complexity index is 293. The maximum Gasteiger partial charge on any atom is 0.237 e. The highest BCUT2D eigenvalue weighted by molar-refractivity contribution is 5.80. The first kappa shape index (κ1) is 12.5. The van der Waals surface area contributed by atoms with E-state index in [1.807, 2.05) is 0 Å². The second-order valence-corrected chi connectivity index (χ2v) is 6.42. The van der Waals surface area contributed by atoms with Crippen LogP contribution in [0.1, 0.15) is 57.8 Å². The predicted octanol–water partition coefficient (Wildman–Crippen LogP) is 2.51. The van der Waals surface area contributed by atoms with Gasteiger partial charge in [-0.1, -0.05) is 32.1 Å². The average Bonchev–Trinajstić information content (AvgIpc) is 3.02. The number of rotatable bonds is 3. The van der Waals surface area contributed by atoms with Gasteiger partial charge in [-0.05, 0) is 37.5 Å². The van der Waals surface area contributed by atoms with E-state index in [0.717, 1.165) is 18.4 Å². The van der Waals surface area contributed by atoms with E-state index >= 15 is 0 Å². The topological polar surface area (TPSA) is 32.3 Å². The van der Waals surface area contributed by atoms with Crippen molar-refractivity contribution in [1.82, 2.24) is 10.2 Å². The third kappa shape index (κ3) is 2.56. The molecular weight excluding hydrogens is 224 g/mol. The summed E-state index contributed by atoms with van der Waals surface area (Å²) in [6.07, 6.45) is 12.5. The van der Waals surface area contributed by atoms with Gasteiger partial charge in [0.25, 0.3) is 0 Å². The summed E-state index contributed by atoms with van der Waals surface area (Å²) >= 11 is 0. The summed E-state index contributed by atoms with van der Waals surface area (Å²) in [6, 6.07) is 0. The number of carbonyl (C=O) groups is 1. The van der Waals surface area contributed by atoms with Gasteiger partial charge in [0.15, 0.2) is 0 Å². The van der Waals surface area contributed by atoms with Crippen LogP contribution in [0.3, 0.4) is 0 Å². The molecule has 0 aromatic heterocycles. The fourth-order valence-corrected chi connectivity index (χ4v) is 4.12. The number of hydrogen-bond donors (Lipinski definition) is 1. The lowest BCUT2D eigenvalue weighted by molar-refractivity contribution is -0.129. The van der Waals surface area contributed by atoms with Crippen molar-refractivity contribution in [2.45, 2.75) is 64.0 Å². The van der Waals surface area contributed by atoms with Crippen LogP contribution in [-0.4, -0.2) is 30.1 Å². The lowest BCUT2D eigenvalue weighted by Gasteiger charge is -2.33. The van der Waals surface area contributed by atoms with Gasteiger partial charge < -0.3 is 4.90 Å². The van der Waals surface area contributed by atoms with E-state index < -0.39 is 0 Å². The Kier molecular flexibility index (Phi) is 3.88. The molecule has 1 unspecified atom stereocenters. The summed E-state index contributed by atoms with van der Waals surface area (Å²) < 4.78 is 0. The van der Waals surface area contributed by atoms with Crippen LogP contribution in [0, 0.1) is 11.8 Å². The van der Waals surface area contributed by atoms with Crippen molar-refractivity contribution in [3.8, 4) is 0 Å². The van der Waals surface area contributed by atoms with E-state index in [9.17, 15) is 4.79 Å². The fourth-order valence-electron chi connectivity index (χ4n) is 4.12. The third-order valence-electron chi connectivity index (χ3n) is 5.14. The smallest absolute Gasteiger partial charge is 0.237 e. The van der Waals surface area contributed by atoms with Crippen molar-refractivity contribution in [3.63, 3.8) is 0 Å². The second-order valence-electron chi connectivity index (χ2n) is 6.42. The molecule has 3 rings (SSSR count). The highest BCUT2D eigenvalue weighted by Crippen LogP contribution is 2.32. The summed E-state index contributed by atoms with van der Waals surface area (Å²) in [6.45, 7) is 1.60. The number of nitrogens with one attached hydrogen (secondary N) is 1. The molecule has 1 atom stereocenters. The van der Waals surface area contributed by atoms with Crippen molar-refractivity contribution in [3.05, 3.63) is 0 Å². The van der Waals surface area contributed by atoms with Crippen LogP contribution in [0.15, 0.2) is 0 Å². The largest absolute Gasteiger partial charge is 0.325 e. The fraction of sp³-hybridized carbons (Fsp3) is 0.933. The SMILES string of the molecule is O=C1CNC(C2CCCC2)N1CC1CCCCC1. The quantitative estimate of drug-likeness (QED) is 0.834. The highest BCUT2D eigenvalue weighted by atomic mass is 16.2. The van der Waals surface area contributed by atoms with Crippen molar-refractivity contribution < 1.29 is 4.79 Å². The zero-order chi connectivity index (χ0) is 12.4. The molecule has 102 valence electrons. The third-order valence-corrected chi connectivity index (χ3v) is 5.14. The Hall–Kier alpha value is -0.570. The minimum atomic E-state index is 0.345. The molecule has 2 aliphatic carbocycles. The Morgan fingerprint density at radius 3 is 2.39 bits per heavy atom. The van der Waals surface area contributed by atoms with Crippen LogP contribution in [0.5, 0.6) is 0 Å². The zero-order valence-electron chi connectivity index (χ0n) is 11.4. The molecule has 0 radical (unpaired) electrons. The molecule has 0 spiro atoms. The van der Waals surface area contributed by atoms with Crippen molar-refractivity contribution in [1.29, 1.82) is 0 Å². The summed E-state index contributed by atoms with van der Waals surface area (Å²) in [7, 11) is 0. The number of amides is 1. The zero-order valence-corrected chi connectivity index (χ0v) is 11.4. The minimum absolute atomic E-state index is 0.345. The van der Waals surface area contributed by atoms with E-state index in [4.69, 9.17) is 0 Å². The van der Waals surface area contributed by atoms with Gasteiger partial charge in [-0.3, -0.25) is 10.1 Å². The molecule has 3 fully saturated rings. The molecule has 3 nitrogen and oxygen atoms in total. The molecule has 0 bridgehead atoms. The first-order valence-electron chi connectivity index (χ1n) is 7.87. The monoisotopic (exact) mass is 250 g/mol. The van der Waals surface area contributed by atoms with E-state index in [2.05, 4.69) is 10.2 Å². The minimum Gasteiger partial charge on any atom is -0.325 e. The molecule has 3 heteroatoms. The van der Waals surface area contributed by atoms with Gasteiger partial charge in [0.1, 0.15) is 0 Å². The van der Waals surface area contributed by atoms with Gasteiger partial charge in [0.2, 0.25) is 5.91 Å². The molecule has 18 heavy (non-hydrogen) atoms. The molecule has 1 saturated heterocycles. The first-order chi connectivity index (χ1) is 8.84. The Labute approximate surface area is 110 Å². The van der Waals surface area contributed by atoms with Crippen LogP contribution in [0.2, 0.25) is 0 Å². The van der Waals surface area contributed by atoms with Crippen LogP contribution in [-0.2, 0) is 4.79 Å². The summed E-state index contributed by atoms with van der Waals surface area (Å²) in [4.78, 5) is 14.3. The summed E-state index contributed by atoms with van der Waals surface area (Å²) in [5, 5.41) is 3.46. The van der Waals surface area contributed by atoms with Gasteiger partial charge in [-0.2, -0.15) is 0 Å². The van der Waals surface area contributed by atoms with Crippen molar-refractivity contribution >= 4 is 5.91 Å². The van der Waals surface area contributed by atoms with Gasteiger partial charge in [0, 0.05) is 6.54 Å². The first-order valence-corrected chi connectivity index (χ1v) is 7.87. The van der Waals surface area contributed by atoms with Crippen LogP contribution < -0.4 is 5.32 Å². The van der Waals surface area contributed by atoms with Gasteiger partial charge in [-0.15, -0.1) is 0 Å². The molecule has 2 saturated carbocycles. The Morgan fingerprint density at radius 1 is 1.00 bits per heavy atom. The molecule has 3 aliphatic rings. The molecule has 1 heterocycles. The Balaban J connectivity index is 1.61. The average molecular weight is 250 g/mol. The molecular formula is C15H26N2O. The van der Waals surface area contributed by atoms with Gasteiger partial charge >= 0.3 is 0 Å². The van der Waals surface area contributed by atoms with E-state index in [0.29, 0.717) is 18.6 Å². The highest BCUT2D eigenvalue weighted by Gasteiger charge is 2.38. The molecule has 0 aromatic carbocycles. The number of carbonyl (C=O) groups excluding carboxylic acids is 1. The maximum absolute atomic E-state index is 12.1. The standard InChI is InChI=1S/C15H26N2O/c18-14-10-16-15(13-8-4-5-9-13)17(14)11-12-6-2-1-3-7-12/h12-13,15-16H,1-11H2. The van der Waals surface area contributed by atoms with Crippen LogP contribution >= 0.6 is 0 Å². The lowest BCUT2D eigenvalue weighted by atomic mass is 9.88. The molecule has 1 aliphatic heterocycles. The van der Waals surface area contributed by atoms with Crippen LogP contribution in [0.25, 0.3) is 0 Å². The summed E-state index contributed by atoms with van der Waals surface area (Å²) in [5.41, 5.74) is 0. The van der Waals surface area contributed by atoms with Gasteiger partial charge in [-0.25, -0.2) is 0 Å². The normalized spacial score (nSPS) is 31.4. The van der Waals surface area contributed by atoms with Gasteiger partial charge in [0.05, 0.1) is 12.7 Å². The van der Waals surface area contributed by atoms with E-state index in [1.165, 1.54) is 57.8 Å². The Morgan fingerprint density at radius 2 is 1.67 bits per heavy atom. The van der Waals surface area contributed by atoms with Crippen molar-refractivity contribution in [2.75, 3.05) is 13.1 Å². The van der Waals surface area contributed by atoms with Crippen LogP contribution in [0.4, 0.5) is 0 Å². The van der Waals surface area contributed by atoms with E-state index in [1.54, 1.807) is 0 Å². The van der Waals surface area contributed by atoms with E-state index in [-0.39, 0.29) is 0 Å². The maximum atomic E-state index is 12.1. The molecule has 1 amide bonds. The number of hydrogen-bond acceptors (Lipinski definition) is 2. The lowest BCUT2D eigenvalue weighted by Crippen LogP contribution is -2.44. The predicted molar refractivity (Wildman–Crippen MR) is 72.0 cm³/mol. The summed E-state index contributed by atoms with van der Waals surface area (Å²) in [5.74, 6) is 1.84. The molecule has 0 aromatic rings. The number of nitrogens with zero attached hydrogens (tertiary/aromatic N) is 1. The molecule has 1 N–H and O–H groups in total. The van der Waals surface area contributed by atoms with Crippen molar-refractivity contribution in [2.24, 2.45) is 11.8 Å².